The molecule has 88 valence electrons. The molecule has 1 fully saturated rings. The molecule has 0 amide bonds. The molecule has 3 heteroatoms. The Morgan fingerprint density at radius 1 is 1.31 bits per heavy atom. The van der Waals surface area contributed by atoms with Crippen LogP contribution in [0.3, 0.4) is 0 Å². The predicted molar refractivity (Wildman–Crippen MR) is 63.2 cm³/mol. The molecule has 0 aliphatic heterocycles. The molecule has 1 heterocycles. The second kappa shape index (κ2) is 4.13. The fourth-order valence-electron chi connectivity index (χ4n) is 2.08. The molecule has 1 N–H and O–H groups in total. The highest BCUT2D eigenvalue weighted by Gasteiger charge is 2.27. The third-order valence-corrected chi connectivity index (χ3v) is 3.20. The van der Waals surface area contributed by atoms with Crippen LogP contribution in [0.2, 0.25) is 0 Å². The number of rotatable bonds is 2. The van der Waals surface area contributed by atoms with E-state index in [1.165, 1.54) is 0 Å². The Kier molecular flexibility index (Phi) is 2.98. The SMILES string of the molecule is CC(C)(C)c1cc(CC2CC(O)C2)ncn1. The molecule has 1 aromatic rings. The Hall–Kier alpha value is -0.960. The summed E-state index contributed by atoms with van der Waals surface area (Å²) in [6.45, 7) is 6.48. The first-order valence-corrected chi connectivity index (χ1v) is 5.94. The van der Waals surface area contributed by atoms with Crippen molar-refractivity contribution >= 4 is 0 Å². The van der Waals surface area contributed by atoms with E-state index >= 15 is 0 Å². The fourth-order valence-corrected chi connectivity index (χ4v) is 2.08. The molecule has 1 saturated carbocycles. The van der Waals surface area contributed by atoms with Crippen molar-refractivity contribution in [3.8, 4) is 0 Å². The molecule has 0 unspecified atom stereocenters. The van der Waals surface area contributed by atoms with Crippen LogP contribution in [0.1, 0.15) is 45.0 Å². The lowest BCUT2D eigenvalue weighted by Crippen LogP contribution is -2.30. The van der Waals surface area contributed by atoms with Crippen molar-refractivity contribution in [1.82, 2.24) is 9.97 Å². The summed E-state index contributed by atoms with van der Waals surface area (Å²) in [5.41, 5.74) is 2.28. The van der Waals surface area contributed by atoms with Crippen LogP contribution >= 0.6 is 0 Å². The van der Waals surface area contributed by atoms with Gasteiger partial charge in [0.2, 0.25) is 0 Å². The molecule has 0 bridgehead atoms. The van der Waals surface area contributed by atoms with Crippen molar-refractivity contribution in [1.29, 1.82) is 0 Å². The van der Waals surface area contributed by atoms with E-state index in [0.29, 0.717) is 5.92 Å². The van der Waals surface area contributed by atoms with E-state index in [-0.39, 0.29) is 11.5 Å². The molecule has 16 heavy (non-hydrogen) atoms. The molecular weight excluding hydrogens is 200 g/mol. The summed E-state index contributed by atoms with van der Waals surface area (Å²) in [6.07, 6.45) is 4.41. The zero-order chi connectivity index (χ0) is 11.8. The lowest BCUT2D eigenvalue weighted by atomic mass is 9.79. The first-order chi connectivity index (χ1) is 7.45. The Balaban J connectivity index is 2.05. The van der Waals surface area contributed by atoms with Gasteiger partial charge >= 0.3 is 0 Å². The second-order valence-electron chi connectivity index (χ2n) is 5.84. The second-order valence-corrected chi connectivity index (χ2v) is 5.84. The van der Waals surface area contributed by atoms with Crippen LogP contribution in [0.25, 0.3) is 0 Å². The highest BCUT2D eigenvalue weighted by atomic mass is 16.3. The summed E-state index contributed by atoms with van der Waals surface area (Å²) < 4.78 is 0. The maximum Gasteiger partial charge on any atom is 0.115 e. The van der Waals surface area contributed by atoms with Gasteiger partial charge in [-0.1, -0.05) is 20.8 Å². The van der Waals surface area contributed by atoms with Crippen molar-refractivity contribution in [2.24, 2.45) is 5.92 Å². The normalized spacial score (nSPS) is 25.2. The van der Waals surface area contributed by atoms with Gasteiger partial charge in [0, 0.05) is 16.8 Å². The van der Waals surface area contributed by atoms with Crippen LogP contribution in [0, 0.1) is 5.92 Å². The molecule has 1 aliphatic rings. The van der Waals surface area contributed by atoms with E-state index in [0.717, 1.165) is 30.7 Å². The zero-order valence-electron chi connectivity index (χ0n) is 10.3. The largest absolute Gasteiger partial charge is 0.393 e. The third kappa shape index (κ3) is 2.59. The van der Waals surface area contributed by atoms with Gasteiger partial charge in [-0.05, 0) is 31.2 Å². The summed E-state index contributed by atoms with van der Waals surface area (Å²) in [6, 6.07) is 2.10. The third-order valence-electron chi connectivity index (χ3n) is 3.20. The average Bonchev–Trinajstić information content (AvgIpc) is 2.14. The van der Waals surface area contributed by atoms with Crippen LogP contribution in [-0.4, -0.2) is 21.2 Å². The highest BCUT2D eigenvalue weighted by molar-refractivity contribution is 5.16. The predicted octanol–water partition coefficient (Wildman–Crippen LogP) is 2.09. The van der Waals surface area contributed by atoms with Crippen molar-refractivity contribution in [3.05, 3.63) is 23.8 Å². The zero-order valence-corrected chi connectivity index (χ0v) is 10.3. The van der Waals surface area contributed by atoms with Crippen LogP contribution in [-0.2, 0) is 11.8 Å². The maximum atomic E-state index is 9.25. The Morgan fingerprint density at radius 2 is 2.00 bits per heavy atom. The van der Waals surface area contributed by atoms with Crippen LogP contribution in [0.15, 0.2) is 12.4 Å². The standard InChI is InChI=1S/C13H20N2O/c1-13(2,3)12-7-10(14-8-15-12)4-9-5-11(16)6-9/h7-9,11,16H,4-6H2,1-3H3. The van der Waals surface area contributed by atoms with Crippen molar-refractivity contribution in [2.45, 2.75) is 51.6 Å². The van der Waals surface area contributed by atoms with Crippen LogP contribution in [0.5, 0.6) is 0 Å². The van der Waals surface area contributed by atoms with Gasteiger partial charge in [-0.3, -0.25) is 0 Å². The molecule has 0 spiro atoms. The minimum absolute atomic E-state index is 0.0751. The molecular formula is C13H20N2O. The highest BCUT2D eigenvalue weighted by Crippen LogP contribution is 2.30. The minimum atomic E-state index is -0.0751. The lowest BCUT2D eigenvalue weighted by Gasteiger charge is -2.31. The molecule has 1 aliphatic carbocycles. The maximum absolute atomic E-state index is 9.25. The molecule has 2 rings (SSSR count). The van der Waals surface area contributed by atoms with E-state index in [2.05, 4.69) is 36.8 Å². The van der Waals surface area contributed by atoms with Gasteiger partial charge in [-0.15, -0.1) is 0 Å². The number of aliphatic hydroxyl groups excluding tert-OH is 1. The van der Waals surface area contributed by atoms with Gasteiger partial charge in [-0.25, -0.2) is 9.97 Å². The average molecular weight is 220 g/mol. The summed E-state index contributed by atoms with van der Waals surface area (Å²) in [7, 11) is 0. The van der Waals surface area contributed by atoms with Gasteiger partial charge in [0.15, 0.2) is 0 Å². The van der Waals surface area contributed by atoms with Crippen molar-refractivity contribution < 1.29 is 5.11 Å². The Labute approximate surface area is 96.9 Å². The van der Waals surface area contributed by atoms with Crippen molar-refractivity contribution in [3.63, 3.8) is 0 Å². The summed E-state index contributed by atoms with van der Waals surface area (Å²) in [5, 5.41) is 9.25. The Morgan fingerprint density at radius 3 is 2.56 bits per heavy atom. The number of aromatic nitrogens is 2. The van der Waals surface area contributed by atoms with Gasteiger partial charge in [0.05, 0.1) is 6.10 Å². The van der Waals surface area contributed by atoms with Gasteiger partial charge < -0.3 is 5.11 Å². The lowest BCUT2D eigenvalue weighted by molar-refractivity contribution is 0.0428. The number of aliphatic hydroxyl groups is 1. The van der Waals surface area contributed by atoms with E-state index in [9.17, 15) is 5.11 Å². The van der Waals surface area contributed by atoms with Gasteiger partial charge in [0.25, 0.3) is 0 Å². The quantitative estimate of drug-likeness (QED) is 0.830. The fraction of sp³-hybridized carbons (Fsp3) is 0.692. The topological polar surface area (TPSA) is 46.0 Å². The van der Waals surface area contributed by atoms with Crippen molar-refractivity contribution in [2.75, 3.05) is 0 Å². The molecule has 1 aromatic heterocycles. The molecule has 0 atom stereocenters. The van der Waals surface area contributed by atoms with Crippen LogP contribution < -0.4 is 0 Å². The smallest absolute Gasteiger partial charge is 0.115 e. The molecule has 3 nitrogen and oxygen atoms in total. The molecule has 0 saturated heterocycles. The van der Waals surface area contributed by atoms with Crippen LogP contribution in [0.4, 0.5) is 0 Å². The summed E-state index contributed by atoms with van der Waals surface area (Å²) >= 11 is 0. The first-order valence-electron chi connectivity index (χ1n) is 5.94. The number of hydrogen-bond acceptors (Lipinski definition) is 3. The van der Waals surface area contributed by atoms with E-state index in [1.54, 1.807) is 6.33 Å². The first kappa shape index (κ1) is 11.5. The minimum Gasteiger partial charge on any atom is -0.393 e. The number of hydrogen-bond donors (Lipinski definition) is 1. The van der Waals surface area contributed by atoms with E-state index in [1.807, 2.05) is 0 Å². The summed E-state index contributed by atoms with van der Waals surface area (Å²) in [4.78, 5) is 8.62. The van der Waals surface area contributed by atoms with E-state index in [4.69, 9.17) is 0 Å². The summed E-state index contributed by atoms with van der Waals surface area (Å²) in [5.74, 6) is 0.609. The van der Waals surface area contributed by atoms with E-state index < -0.39 is 0 Å². The Bertz CT molecular complexity index is 364. The monoisotopic (exact) mass is 220 g/mol. The molecule has 0 radical (unpaired) electrons. The number of nitrogens with zero attached hydrogens (tertiary/aromatic N) is 2. The van der Waals surface area contributed by atoms with Gasteiger partial charge in [0.1, 0.15) is 6.33 Å². The molecule has 0 aromatic carbocycles. The van der Waals surface area contributed by atoms with Gasteiger partial charge in [-0.2, -0.15) is 0 Å².